The van der Waals surface area contributed by atoms with Gasteiger partial charge >= 0.3 is 0 Å². The number of rotatable bonds is 8. The van der Waals surface area contributed by atoms with Crippen molar-refractivity contribution in [3.05, 3.63) is 76.3 Å². The summed E-state index contributed by atoms with van der Waals surface area (Å²) in [5.41, 5.74) is 7.76. The topological polar surface area (TPSA) is 63.4 Å². The predicted molar refractivity (Wildman–Crippen MR) is 139 cm³/mol. The number of hydrogen-bond acceptors (Lipinski definition) is 5. The number of benzene rings is 2. The van der Waals surface area contributed by atoms with Crippen LogP contribution in [-0.4, -0.2) is 40.4 Å². The Labute approximate surface area is 207 Å². The van der Waals surface area contributed by atoms with Gasteiger partial charge in [-0.1, -0.05) is 54.5 Å². The molecule has 1 N–H and O–H groups in total. The van der Waals surface area contributed by atoms with Gasteiger partial charge in [0, 0.05) is 31.5 Å². The van der Waals surface area contributed by atoms with E-state index in [1.165, 1.54) is 16.7 Å². The van der Waals surface area contributed by atoms with E-state index < -0.39 is 0 Å². The third kappa shape index (κ3) is 4.91. The van der Waals surface area contributed by atoms with Crippen molar-refractivity contribution in [2.24, 2.45) is 0 Å². The number of nitrogens with one attached hydrogen (secondary N) is 1. The molecular formula is C27H32N4O2S. The summed E-state index contributed by atoms with van der Waals surface area (Å²) in [7, 11) is 1.71. The van der Waals surface area contributed by atoms with Crippen LogP contribution < -0.4 is 5.32 Å². The van der Waals surface area contributed by atoms with E-state index in [0.717, 1.165) is 41.8 Å². The summed E-state index contributed by atoms with van der Waals surface area (Å²) in [5.74, 6) is 1.08. The summed E-state index contributed by atoms with van der Waals surface area (Å²) in [4.78, 5) is 6.91. The quantitative estimate of drug-likeness (QED) is 0.335. The van der Waals surface area contributed by atoms with Crippen molar-refractivity contribution in [2.75, 3.05) is 20.3 Å². The van der Waals surface area contributed by atoms with E-state index in [9.17, 15) is 0 Å². The molecule has 0 amide bonds. The van der Waals surface area contributed by atoms with Crippen molar-refractivity contribution in [1.29, 1.82) is 0 Å². The van der Waals surface area contributed by atoms with Gasteiger partial charge < -0.3 is 19.5 Å². The predicted octanol–water partition coefficient (Wildman–Crippen LogP) is 5.61. The summed E-state index contributed by atoms with van der Waals surface area (Å²) in [5, 5.41) is 8.53. The van der Waals surface area contributed by atoms with Gasteiger partial charge in [-0.05, 0) is 68.1 Å². The van der Waals surface area contributed by atoms with Crippen LogP contribution in [0.3, 0.4) is 0 Å². The molecule has 34 heavy (non-hydrogen) atoms. The van der Waals surface area contributed by atoms with E-state index in [-0.39, 0.29) is 6.04 Å². The molecule has 3 aromatic rings. The SMILES string of the molecule is CCc1ccc(-c2noc(C3=C(C)N(CCCOC)C(=S)NC3c3ccc(C)c(C)c3)n2)cc1. The number of ether oxygens (including phenoxy) is 1. The van der Waals surface area contributed by atoms with Gasteiger partial charge in [-0.25, -0.2) is 0 Å². The number of aryl methyl sites for hydroxylation is 3. The van der Waals surface area contributed by atoms with Crippen LogP contribution in [0.25, 0.3) is 17.0 Å². The summed E-state index contributed by atoms with van der Waals surface area (Å²) in [6.07, 6.45) is 1.85. The molecule has 7 heteroatoms. The van der Waals surface area contributed by atoms with E-state index in [1.54, 1.807) is 7.11 Å². The molecule has 1 aliphatic rings. The Kier molecular flexibility index (Phi) is 7.44. The van der Waals surface area contributed by atoms with Crippen LogP contribution in [-0.2, 0) is 11.2 Å². The number of thiocarbonyl (C=S) groups is 1. The molecule has 4 rings (SSSR count). The second-order valence-corrected chi connectivity index (χ2v) is 9.08. The Hall–Kier alpha value is -3.03. The maximum Gasteiger partial charge on any atom is 0.258 e. The minimum absolute atomic E-state index is 0.179. The van der Waals surface area contributed by atoms with Gasteiger partial charge in [-0.3, -0.25) is 0 Å². The zero-order chi connectivity index (χ0) is 24.2. The molecule has 1 unspecified atom stereocenters. The highest BCUT2D eigenvalue weighted by molar-refractivity contribution is 7.80. The first-order valence-electron chi connectivity index (χ1n) is 11.7. The van der Waals surface area contributed by atoms with Gasteiger partial charge in [0.05, 0.1) is 11.6 Å². The van der Waals surface area contributed by atoms with E-state index in [4.69, 9.17) is 26.5 Å². The van der Waals surface area contributed by atoms with Crippen molar-refractivity contribution in [3.8, 4) is 11.4 Å². The third-order valence-corrected chi connectivity index (χ3v) is 6.81. The highest BCUT2D eigenvalue weighted by Gasteiger charge is 2.34. The third-order valence-electron chi connectivity index (χ3n) is 6.47. The fourth-order valence-corrected chi connectivity index (χ4v) is 4.57. The van der Waals surface area contributed by atoms with Gasteiger partial charge in [-0.15, -0.1) is 0 Å². The molecule has 1 aromatic heterocycles. The lowest BCUT2D eigenvalue weighted by atomic mass is 9.92. The second kappa shape index (κ2) is 10.5. The average Bonchev–Trinajstić information content (AvgIpc) is 3.32. The number of nitrogens with zero attached hydrogens (tertiary/aromatic N) is 3. The zero-order valence-corrected chi connectivity index (χ0v) is 21.3. The maximum atomic E-state index is 5.85. The fraction of sp³-hybridized carbons (Fsp3) is 0.370. The molecule has 0 spiro atoms. The van der Waals surface area contributed by atoms with Crippen LogP contribution in [0.15, 0.2) is 52.7 Å². The molecule has 0 saturated heterocycles. The first-order valence-corrected chi connectivity index (χ1v) is 12.1. The molecule has 2 heterocycles. The van der Waals surface area contributed by atoms with Gasteiger partial charge in [0.15, 0.2) is 5.11 Å². The van der Waals surface area contributed by atoms with Gasteiger partial charge in [0.1, 0.15) is 0 Å². The molecule has 0 saturated carbocycles. The van der Waals surface area contributed by atoms with Crippen LogP contribution in [0, 0.1) is 13.8 Å². The van der Waals surface area contributed by atoms with E-state index in [0.29, 0.717) is 23.4 Å². The van der Waals surface area contributed by atoms with Crippen LogP contribution in [0.5, 0.6) is 0 Å². The van der Waals surface area contributed by atoms with Crippen LogP contribution >= 0.6 is 12.2 Å². The smallest absolute Gasteiger partial charge is 0.258 e. The van der Waals surface area contributed by atoms with E-state index >= 15 is 0 Å². The van der Waals surface area contributed by atoms with E-state index in [1.807, 2.05) is 12.1 Å². The Morgan fingerprint density at radius 2 is 1.85 bits per heavy atom. The summed E-state index contributed by atoms with van der Waals surface area (Å²) < 4.78 is 11.1. The molecule has 0 fully saturated rings. The minimum Gasteiger partial charge on any atom is -0.385 e. The number of methoxy groups -OCH3 is 1. The van der Waals surface area contributed by atoms with Crippen LogP contribution in [0.4, 0.5) is 0 Å². The number of aromatic nitrogens is 2. The summed E-state index contributed by atoms with van der Waals surface area (Å²) in [6.45, 7) is 9.87. The molecule has 178 valence electrons. The Bertz CT molecular complexity index is 1200. The number of allylic oxidation sites excluding steroid dienone is 1. The van der Waals surface area contributed by atoms with Crippen LogP contribution in [0.2, 0.25) is 0 Å². The monoisotopic (exact) mass is 476 g/mol. The molecule has 1 atom stereocenters. The van der Waals surface area contributed by atoms with Crippen molar-refractivity contribution in [3.63, 3.8) is 0 Å². The Morgan fingerprint density at radius 1 is 1.09 bits per heavy atom. The standard InChI is InChI=1S/C27H32N4O2S/c1-6-20-9-12-21(13-10-20)25-29-26(33-30-25)23-19(4)31(14-7-15-32-5)27(34)28-24(23)22-11-8-17(2)18(3)16-22/h8-13,16,24H,6-7,14-15H2,1-5H3,(H,28,34). The first-order chi connectivity index (χ1) is 16.4. The van der Waals surface area contributed by atoms with Gasteiger partial charge in [0.25, 0.3) is 5.89 Å². The Balaban J connectivity index is 1.76. The van der Waals surface area contributed by atoms with Crippen molar-refractivity contribution >= 4 is 22.9 Å². The van der Waals surface area contributed by atoms with Crippen molar-refractivity contribution in [1.82, 2.24) is 20.4 Å². The lowest BCUT2D eigenvalue weighted by molar-refractivity contribution is 0.188. The molecule has 2 aromatic carbocycles. The normalized spacial score (nSPS) is 16.2. The molecule has 0 aliphatic carbocycles. The lowest BCUT2D eigenvalue weighted by Crippen LogP contribution is -2.46. The second-order valence-electron chi connectivity index (χ2n) is 8.70. The Morgan fingerprint density at radius 3 is 2.53 bits per heavy atom. The average molecular weight is 477 g/mol. The van der Waals surface area contributed by atoms with Crippen LogP contribution in [0.1, 0.15) is 54.5 Å². The molecule has 1 aliphatic heterocycles. The van der Waals surface area contributed by atoms with E-state index in [2.05, 4.69) is 73.4 Å². The lowest BCUT2D eigenvalue weighted by Gasteiger charge is -2.37. The summed E-state index contributed by atoms with van der Waals surface area (Å²) >= 11 is 5.77. The minimum atomic E-state index is -0.179. The molecule has 6 nitrogen and oxygen atoms in total. The van der Waals surface area contributed by atoms with Gasteiger partial charge in [0.2, 0.25) is 5.82 Å². The van der Waals surface area contributed by atoms with Gasteiger partial charge in [-0.2, -0.15) is 4.98 Å². The maximum absolute atomic E-state index is 5.85. The first kappa shape index (κ1) is 24.1. The molecular weight excluding hydrogens is 444 g/mol. The van der Waals surface area contributed by atoms with Crippen molar-refractivity contribution in [2.45, 2.75) is 46.6 Å². The molecule has 0 radical (unpaired) electrons. The summed E-state index contributed by atoms with van der Waals surface area (Å²) in [6, 6.07) is 14.6. The molecule has 0 bridgehead atoms. The highest BCUT2D eigenvalue weighted by atomic mass is 32.1. The zero-order valence-electron chi connectivity index (χ0n) is 20.5. The number of hydrogen-bond donors (Lipinski definition) is 1. The fourth-order valence-electron chi connectivity index (χ4n) is 4.23. The largest absolute Gasteiger partial charge is 0.385 e. The van der Waals surface area contributed by atoms with Crippen molar-refractivity contribution < 1.29 is 9.26 Å². The highest BCUT2D eigenvalue weighted by Crippen LogP contribution is 2.38.